The molecule has 9 aromatic carbocycles. The van der Waals surface area contributed by atoms with E-state index < -0.39 is 0 Å². The van der Waals surface area contributed by atoms with Gasteiger partial charge in [0.2, 0.25) is 0 Å². The quantitative estimate of drug-likeness (QED) is 0.168. The number of aromatic nitrogens is 1. The van der Waals surface area contributed by atoms with Gasteiger partial charge in [0.25, 0.3) is 0 Å². The summed E-state index contributed by atoms with van der Waals surface area (Å²) in [5.41, 5.74) is 18.3. The molecule has 1 aliphatic rings. The second kappa shape index (κ2) is 13.2. The van der Waals surface area contributed by atoms with E-state index in [0.29, 0.717) is 0 Å². The first-order chi connectivity index (χ1) is 29.5. The SMILES string of the molecule is CC1(C)c2ccccc2-c2ccc(N(c3ccc4c(c3)c3ccccc3n4-c3ccccc3)c3ccc4oc5ccccc5c4c3-c3ccc(-c4ccccc4)cc3)cc21. The number of rotatable bonds is 6. The monoisotopic (exact) mass is 768 g/mol. The molecular weight excluding hydrogens is 729 g/mol. The summed E-state index contributed by atoms with van der Waals surface area (Å²) in [6.07, 6.45) is 0. The minimum Gasteiger partial charge on any atom is -0.456 e. The Morgan fingerprint density at radius 3 is 1.88 bits per heavy atom. The van der Waals surface area contributed by atoms with Crippen LogP contribution in [0, 0.1) is 0 Å². The van der Waals surface area contributed by atoms with Crippen LogP contribution in [0.5, 0.6) is 0 Å². The Bertz CT molecular complexity index is 3450. The van der Waals surface area contributed by atoms with E-state index in [1.54, 1.807) is 0 Å². The summed E-state index contributed by atoms with van der Waals surface area (Å²) in [6.45, 7) is 4.72. The molecular formula is C57H40N2O. The largest absolute Gasteiger partial charge is 0.456 e. The first-order valence-corrected chi connectivity index (χ1v) is 20.8. The fourth-order valence-electron chi connectivity index (χ4n) is 9.96. The lowest BCUT2D eigenvalue weighted by molar-refractivity contribution is 0.660. The summed E-state index contributed by atoms with van der Waals surface area (Å²) in [5.74, 6) is 0. The lowest BCUT2D eigenvalue weighted by Gasteiger charge is -2.30. The van der Waals surface area contributed by atoms with Crippen molar-refractivity contribution in [1.82, 2.24) is 4.57 Å². The Labute approximate surface area is 349 Å². The summed E-state index contributed by atoms with van der Waals surface area (Å²) < 4.78 is 8.99. The zero-order chi connectivity index (χ0) is 40.0. The summed E-state index contributed by atoms with van der Waals surface area (Å²) in [7, 11) is 0. The molecule has 0 unspecified atom stereocenters. The molecule has 12 rings (SSSR count). The molecule has 0 spiro atoms. The maximum Gasteiger partial charge on any atom is 0.136 e. The van der Waals surface area contributed by atoms with Crippen LogP contribution >= 0.6 is 0 Å². The lowest BCUT2D eigenvalue weighted by atomic mass is 9.82. The summed E-state index contributed by atoms with van der Waals surface area (Å²) in [6, 6.07) is 74.9. The second-order valence-corrected chi connectivity index (χ2v) is 16.5. The van der Waals surface area contributed by atoms with Gasteiger partial charge in [-0.05, 0) is 106 Å². The van der Waals surface area contributed by atoms with Crippen LogP contribution in [0.3, 0.4) is 0 Å². The molecule has 0 N–H and O–H groups in total. The van der Waals surface area contributed by atoms with Crippen LogP contribution in [0.1, 0.15) is 25.0 Å². The predicted octanol–water partition coefficient (Wildman–Crippen LogP) is 15.8. The number of anilines is 3. The van der Waals surface area contributed by atoms with E-state index in [2.05, 4.69) is 230 Å². The number of hydrogen-bond donors (Lipinski definition) is 0. The van der Waals surface area contributed by atoms with Gasteiger partial charge in [-0.15, -0.1) is 0 Å². The van der Waals surface area contributed by atoms with E-state index in [0.717, 1.165) is 55.8 Å². The number of nitrogens with zero attached hydrogens (tertiary/aromatic N) is 2. The van der Waals surface area contributed by atoms with Crippen LogP contribution < -0.4 is 4.90 Å². The third kappa shape index (κ3) is 5.15. The minimum absolute atomic E-state index is 0.165. The topological polar surface area (TPSA) is 21.3 Å². The van der Waals surface area contributed by atoms with Crippen LogP contribution in [0.15, 0.2) is 211 Å². The molecule has 11 aromatic rings. The van der Waals surface area contributed by atoms with Crippen molar-refractivity contribution in [1.29, 1.82) is 0 Å². The summed E-state index contributed by atoms with van der Waals surface area (Å²) >= 11 is 0. The number of fused-ring (bicyclic) bond motifs is 9. The van der Waals surface area contributed by atoms with Gasteiger partial charge < -0.3 is 13.9 Å². The van der Waals surface area contributed by atoms with E-state index in [4.69, 9.17) is 4.42 Å². The van der Waals surface area contributed by atoms with Crippen LogP contribution in [-0.2, 0) is 5.41 Å². The van der Waals surface area contributed by atoms with Gasteiger partial charge in [0.1, 0.15) is 11.2 Å². The van der Waals surface area contributed by atoms with E-state index in [1.807, 2.05) is 0 Å². The molecule has 3 nitrogen and oxygen atoms in total. The van der Waals surface area contributed by atoms with Crippen LogP contribution in [0.2, 0.25) is 0 Å². The van der Waals surface area contributed by atoms with Gasteiger partial charge in [0.15, 0.2) is 0 Å². The highest BCUT2D eigenvalue weighted by molar-refractivity contribution is 6.17. The van der Waals surface area contributed by atoms with Crippen molar-refractivity contribution in [2.24, 2.45) is 0 Å². The normalized spacial score (nSPS) is 13.0. The maximum atomic E-state index is 6.61. The summed E-state index contributed by atoms with van der Waals surface area (Å²) in [4.78, 5) is 2.48. The van der Waals surface area contributed by atoms with Crippen LogP contribution in [-0.4, -0.2) is 4.57 Å². The highest BCUT2D eigenvalue weighted by atomic mass is 16.3. The first kappa shape index (κ1) is 34.4. The average molecular weight is 769 g/mol. The van der Waals surface area contributed by atoms with Crippen molar-refractivity contribution in [2.45, 2.75) is 19.3 Å². The highest BCUT2D eigenvalue weighted by Crippen LogP contribution is 2.53. The zero-order valence-electron chi connectivity index (χ0n) is 33.4. The van der Waals surface area contributed by atoms with Crippen molar-refractivity contribution < 1.29 is 4.42 Å². The Morgan fingerprint density at radius 1 is 0.433 bits per heavy atom. The van der Waals surface area contributed by atoms with E-state index >= 15 is 0 Å². The van der Waals surface area contributed by atoms with Crippen LogP contribution in [0.4, 0.5) is 17.1 Å². The molecule has 0 aliphatic heterocycles. The Morgan fingerprint density at radius 2 is 1.05 bits per heavy atom. The fourth-order valence-corrected chi connectivity index (χ4v) is 9.96. The van der Waals surface area contributed by atoms with E-state index in [1.165, 1.54) is 55.2 Å². The third-order valence-electron chi connectivity index (χ3n) is 12.8. The van der Waals surface area contributed by atoms with Gasteiger partial charge in [0.05, 0.1) is 16.7 Å². The first-order valence-electron chi connectivity index (χ1n) is 20.8. The lowest BCUT2D eigenvalue weighted by Crippen LogP contribution is -2.17. The van der Waals surface area contributed by atoms with Crippen molar-refractivity contribution >= 4 is 60.8 Å². The standard InChI is InChI=1S/C57H40N2O/c1-57(2)48-22-12-9-19-43(48)44-31-29-42(36-49(44)57)58(41-30-32-51-47(35-41)45-20-10-13-23-50(45)59(51)40-17-7-4-8-18-40)52-33-34-54-56(46-21-11-14-24-53(46)60-54)55(52)39-27-25-38(26-28-39)37-15-5-3-6-16-37/h3-36H,1-2H3. The van der Waals surface area contributed by atoms with Gasteiger partial charge in [0, 0.05) is 49.6 Å². The van der Waals surface area contributed by atoms with E-state index in [-0.39, 0.29) is 5.41 Å². The Kier molecular flexibility index (Phi) is 7.58. The average Bonchev–Trinajstić information content (AvgIpc) is 3.92. The molecule has 0 saturated heterocycles. The number of hydrogen-bond acceptors (Lipinski definition) is 2. The molecule has 0 atom stereocenters. The van der Waals surface area contributed by atoms with Crippen molar-refractivity contribution in [2.75, 3.05) is 4.90 Å². The Hall–Kier alpha value is -7.62. The maximum absolute atomic E-state index is 6.61. The molecule has 284 valence electrons. The van der Waals surface area contributed by atoms with Gasteiger partial charge in [-0.2, -0.15) is 0 Å². The smallest absolute Gasteiger partial charge is 0.136 e. The van der Waals surface area contributed by atoms with Gasteiger partial charge >= 0.3 is 0 Å². The molecule has 0 saturated carbocycles. The Balaban J connectivity index is 1.15. The molecule has 0 amide bonds. The van der Waals surface area contributed by atoms with Crippen molar-refractivity contribution in [3.8, 4) is 39.1 Å². The predicted molar refractivity (Wildman–Crippen MR) is 251 cm³/mol. The number of furan rings is 1. The fraction of sp³-hybridized carbons (Fsp3) is 0.0526. The highest BCUT2D eigenvalue weighted by Gasteiger charge is 2.36. The summed E-state index contributed by atoms with van der Waals surface area (Å²) in [5, 5.41) is 4.63. The molecule has 0 fully saturated rings. The third-order valence-corrected chi connectivity index (χ3v) is 12.8. The minimum atomic E-state index is -0.165. The molecule has 60 heavy (non-hydrogen) atoms. The van der Waals surface area contributed by atoms with Crippen molar-refractivity contribution in [3.05, 3.63) is 217 Å². The molecule has 2 heterocycles. The number of para-hydroxylation sites is 3. The van der Waals surface area contributed by atoms with Gasteiger partial charge in [-0.25, -0.2) is 0 Å². The molecule has 2 aromatic heterocycles. The van der Waals surface area contributed by atoms with Crippen molar-refractivity contribution in [3.63, 3.8) is 0 Å². The zero-order valence-corrected chi connectivity index (χ0v) is 33.4. The molecule has 0 radical (unpaired) electrons. The molecule has 1 aliphatic carbocycles. The number of benzene rings is 9. The van der Waals surface area contributed by atoms with E-state index in [9.17, 15) is 0 Å². The second-order valence-electron chi connectivity index (χ2n) is 16.5. The van der Waals surface area contributed by atoms with Gasteiger partial charge in [-0.1, -0.05) is 153 Å². The molecule has 3 heteroatoms. The molecule has 0 bridgehead atoms. The van der Waals surface area contributed by atoms with Gasteiger partial charge in [-0.3, -0.25) is 0 Å². The van der Waals surface area contributed by atoms with Crippen LogP contribution in [0.25, 0.3) is 82.8 Å².